The van der Waals surface area contributed by atoms with E-state index in [-0.39, 0.29) is 0 Å². The smallest absolute Gasteiger partial charge is 0.0998 e. The van der Waals surface area contributed by atoms with Crippen LogP contribution in [-0.4, -0.2) is 0 Å². The summed E-state index contributed by atoms with van der Waals surface area (Å²) in [5.41, 5.74) is 2.56. The van der Waals surface area contributed by atoms with Crippen molar-refractivity contribution < 1.29 is 0 Å². The summed E-state index contributed by atoms with van der Waals surface area (Å²) in [6, 6.07) is 28.4. The van der Waals surface area contributed by atoms with Gasteiger partial charge in [0, 0.05) is 5.02 Å². The maximum absolute atomic E-state index is 9.70. The van der Waals surface area contributed by atoms with Gasteiger partial charge in [-0.3, -0.25) is 0 Å². The van der Waals surface area contributed by atoms with E-state index in [1.54, 1.807) is 0 Å². The van der Waals surface area contributed by atoms with Gasteiger partial charge < -0.3 is 0 Å². The van der Waals surface area contributed by atoms with Crippen LogP contribution in [0, 0.1) is 11.3 Å². The van der Waals surface area contributed by atoms with Gasteiger partial charge in [-0.25, -0.2) is 0 Å². The zero-order valence-corrected chi connectivity index (χ0v) is 14.2. The zero-order valence-electron chi connectivity index (χ0n) is 13.4. The lowest BCUT2D eigenvalue weighted by Gasteiger charge is -2.09. The molecule has 0 bridgehead atoms. The van der Waals surface area contributed by atoms with Gasteiger partial charge in [-0.05, 0) is 56.9 Å². The molecule has 25 heavy (non-hydrogen) atoms. The van der Waals surface area contributed by atoms with Crippen molar-refractivity contribution in [2.75, 3.05) is 0 Å². The fourth-order valence-corrected chi connectivity index (χ4v) is 3.28. The third-order valence-corrected chi connectivity index (χ3v) is 4.63. The van der Waals surface area contributed by atoms with Crippen LogP contribution in [0.15, 0.2) is 78.9 Å². The fraction of sp³-hybridized carbons (Fsp3) is 0. The molecular formula is C23H14ClN. The number of nitriles is 1. The van der Waals surface area contributed by atoms with E-state index in [1.807, 2.05) is 54.6 Å². The van der Waals surface area contributed by atoms with Gasteiger partial charge in [0.1, 0.15) is 0 Å². The number of hydrogen-bond acceptors (Lipinski definition) is 1. The minimum atomic E-state index is 0.623. The molecular weight excluding hydrogens is 326 g/mol. The van der Waals surface area contributed by atoms with Crippen molar-refractivity contribution in [1.82, 2.24) is 0 Å². The van der Waals surface area contributed by atoms with Gasteiger partial charge >= 0.3 is 0 Å². The van der Waals surface area contributed by atoms with E-state index in [2.05, 4.69) is 36.4 Å². The molecule has 118 valence electrons. The van der Waals surface area contributed by atoms with Gasteiger partial charge in [-0.2, -0.15) is 5.26 Å². The molecule has 0 spiro atoms. The Hall–Kier alpha value is -3.08. The van der Waals surface area contributed by atoms with Gasteiger partial charge in [0.15, 0.2) is 0 Å². The van der Waals surface area contributed by atoms with E-state index >= 15 is 0 Å². The average Bonchev–Trinajstić information content (AvgIpc) is 2.66. The molecule has 4 rings (SSSR count). The highest BCUT2D eigenvalue weighted by molar-refractivity contribution is 6.30. The van der Waals surface area contributed by atoms with Crippen molar-refractivity contribution in [1.29, 1.82) is 5.26 Å². The molecule has 4 aromatic rings. The Morgan fingerprint density at radius 2 is 1.36 bits per heavy atom. The number of benzene rings is 4. The lowest BCUT2D eigenvalue weighted by atomic mass is 9.94. The quantitative estimate of drug-likeness (QED) is 0.226. The lowest BCUT2D eigenvalue weighted by Crippen LogP contribution is -1.86. The summed E-state index contributed by atoms with van der Waals surface area (Å²) in [7, 11) is 0. The second-order valence-corrected chi connectivity index (χ2v) is 6.35. The first kappa shape index (κ1) is 15.4. The zero-order chi connectivity index (χ0) is 17.2. The Bertz CT molecular complexity index is 1090. The van der Waals surface area contributed by atoms with Crippen molar-refractivity contribution >= 4 is 44.8 Å². The van der Waals surface area contributed by atoms with E-state index in [0.29, 0.717) is 10.6 Å². The molecule has 2 heteroatoms. The Kier molecular flexibility index (Phi) is 3.98. The first-order valence-electron chi connectivity index (χ1n) is 8.04. The Labute approximate surface area is 151 Å². The topological polar surface area (TPSA) is 23.8 Å². The molecule has 0 fully saturated rings. The standard InChI is InChI=1S/C23H14ClN/c24-20-11-9-16(10-12-20)19(15-25)14-23-21-7-3-1-5-17(21)13-18-6-2-4-8-22(18)23/h1-14H/b19-14-. The van der Waals surface area contributed by atoms with Crippen LogP contribution in [0.5, 0.6) is 0 Å². The highest BCUT2D eigenvalue weighted by atomic mass is 35.5. The third-order valence-electron chi connectivity index (χ3n) is 4.38. The largest absolute Gasteiger partial charge is 0.192 e. The summed E-state index contributed by atoms with van der Waals surface area (Å²) in [5.74, 6) is 0. The van der Waals surface area contributed by atoms with Gasteiger partial charge in [-0.15, -0.1) is 0 Å². The summed E-state index contributed by atoms with van der Waals surface area (Å²) >= 11 is 5.97. The van der Waals surface area contributed by atoms with Crippen LogP contribution < -0.4 is 0 Å². The minimum Gasteiger partial charge on any atom is -0.192 e. The van der Waals surface area contributed by atoms with E-state index in [4.69, 9.17) is 11.6 Å². The first-order valence-corrected chi connectivity index (χ1v) is 8.42. The summed E-state index contributed by atoms with van der Waals surface area (Å²) in [4.78, 5) is 0. The van der Waals surface area contributed by atoms with Crippen LogP contribution in [0.25, 0.3) is 33.2 Å². The molecule has 0 aromatic heterocycles. The first-order chi connectivity index (χ1) is 12.3. The van der Waals surface area contributed by atoms with Crippen LogP contribution in [0.4, 0.5) is 0 Å². The van der Waals surface area contributed by atoms with Crippen molar-refractivity contribution in [3.63, 3.8) is 0 Å². The summed E-state index contributed by atoms with van der Waals surface area (Å²) in [6.07, 6.45) is 1.98. The molecule has 0 aliphatic heterocycles. The summed E-state index contributed by atoms with van der Waals surface area (Å²) in [5, 5.41) is 15.0. The van der Waals surface area contributed by atoms with Crippen LogP contribution in [0.3, 0.4) is 0 Å². The van der Waals surface area contributed by atoms with Crippen molar-refractivity contribution in [3.8, 4) is 6.07 Å². The van der Waals surface area contributed by atoms with Crippen molar-refractivity contribution in [3.05, 3.63) is 95.0 Å². The van der Waals surface area contributed by atoms with Crippen molar-refractivity contribution in [2.45, 2.75) is 0 Å². The molecule has 0 saturated heterocycles. The monoisotopic (exact) mass is 339 g/mol. The molecule has 0 aliphatic carbocycles. The number of halogens is 1. The average molecular weight is 340 g/mol. The molecule has 0 aliphatic rings. The summed E-state index contributed by atoms with van der Waals surface area (Å²) in [6.45, 7) is 0. The number of hydrogen-bond donors (Lipinski definition) is 0. The Morgan fingerprint density at radius 3 is 1.92 bits per heavy atom. The molecule has 0 saturated carbocycles. The molecule has 0 amide bonds. The van der Waals surface area contributed by atoms with E-state index < -0.39 is 0 Å². The number of nitrogens with zero attached hydrogens (tertiary/aromatic N) is 1. The molecule has 0 radical (unpaired) electrons. The second kappa shape index (κ2) is 6.43. The highest BCUT2D eigenvalue weighted by Gasteiger charge is 2.08. The number of allylic oxidation sites excluding steroid dienone is 1. The normalized spacial score (nSPS) is 11.6. The maximum atomic E-state index is 9.70. The predicted molar refractivity (Wildman–Crippen MR) is 106 cm³/mol. The predicted octanol–water partition coefficient (Wildman–Crippen LogP) is 6.71. The van der Waals surface area contributed by atoms with Crippen LogP contribution >= 0.6 is 11.6 Å². The minimum absolute atomic E-state index is 0.623. The van der Waals surface area contributed by atoms with Gasteiger partial charge in [-0.1, -0.05) is 72.3 Å². The summed E-state index contributed by atoms with van der Waals surface area (Å²) < 4.78 is 0. The SMILES string of the molecule is N#C/C(=C/c1c2ccccc2cc2ccccc12)c1ccc(Cl)cc1. The fourth-order valence-electron chi connectivity index (χ4n) is 3.16. The van der Waals surface area contributed by atoms with Gasteiger partial charge in [0.05, 0.1) is 11.6 Å². The molecule has 0 heterocycles. The van der Waals surface area contributed by atoms with Crippen LogP contribution in [-0.2, 0) is 0 Å². The van der Waals surface area contributed by atoms with Crippen molar-refractivity contribution in [2.24, 2.45) is 0 Å². The van der Waals surface area contributed by atoms with Crippen LogP contribution in [0.2, 0.25) is 5.02 Å². The van der Waals surface area contributed by atoms with E-state index in [1.165, 1.54) is 10.8 Å². The molecule has 0 atom stereocenters. The molecule has 1 nitrogen and oxygen atoms in total. The van der Waals surface area contributed by atoms with Gasteiger partial charge in [0.2, 0.25) is 0 Å². The van der Waals surface area contributed by atoms with E-state index in [0.717, 1.165) is 21.9 Å². The third kappa shape index (κ3) is 2.89. The number of fused-ring (bicyclic) bond motifs is 2. The Morgan fingerprint density at radius 1 is 0.800 bits per heavy atom. The van der Waals surface area contributed by atoms with Gasteiger partial charge in [0.25, 0.3) is 0 Å². The molecule has 4 aromatic carbocycles. The van der Waals surface area contributed by atoms with Crippen LogP contribution in [0.1, 0.15) is 11.1 Å². The second-order valence-electron chi connectivity index (χ2n) is 5.91. The molecule has 0 N–H and O–H groups in total. The molecule has 0 unspecified atom stereocenters. The lowest BCUT2D eigenvalue weighted by molar-refractivity contribution is 1.52. The number of rotatable bonds is 2. The highest BCUT2D eigenvalue weighted by Crippen LogP contribution is 2.31. The maximum Gasteiger partial charge on any atom is 0.0998 e. The Balaban J connectivity index is 2.03. The van der Waals surface area contributed by atoms with E-state index in [9.17, 15) is 5.26 Å².